The van der Waals surface area contributed by atoms with Crippen LogP contribution in [0.4, 0.5) is 0 Å². The Hall–Kier alpha value is -1.88. The van der Waals surface area contributed by atoms with Gasteiger partial charge in [-0.15, -0.1) is 0 Å². The standard InChI is InChI=1S/C13H17N3O2/c1-10-4-3-5-16-9-11(14-13(10)16)8-12(18)15(2)6-7-17/h3-5,9,17H,6-8H2,1-2H3. The number of carbonyl (C=O) groups excluding carboxylic acids is 1. The number of carbonyl (C=O) groups is 1. The number of likely N-dealkylation sites (N-methyl/N-ethyl adjacent to an activating group) is 1. The fourth-order valence-corrected chi connectivity index (χ4v) is 1.85. The van der Waals surface area contributed by atoms with Gasteiger partial charge in [0.1, 0.15) is 5.65 Å². The van der Waals surface area contributed by atoms with Crippen molar-refractivity contribution < 1.29 is 9.90 Å². The lowest BCUT2D eigenvalue weighted by Crippen LogP contribution is -2.30. The Morgan fingerprint density at radius 1 is 1.56 bits per heavy atom. The van der Waals surface area contributed by atoms with E-state index in [-0.39, 0.29) is 18.9 Å². The van der Waals surface area contributed by atoms with E-state index in [1.165, 1.54) is 4.90 Å². The third-order valence-electron chi connectivity index (χ3n) is 2.92. The van der Waals surface area contributed by atoms with Crippen LogP contribution in [0.15, 0.2) is 24.5 Å². The van der Waals surface area contributed by atoms with Crippen molar-refractivity contribution in [2.45, 2.75) is 13.3 Å². The summed E-state index contributed by atoms with van der Waals surface area (Å²) in [7, 11) is 1.68. The molecule has 96 valence electrons. The molecule has 2 rings (SSSR count). The number of rotatable bonds is 4. The number of nitrogens with zero attached hydrogens (tertiary/aromatic N) is 3. The maximum atomic E-state index is 11.8. The molecule has 2 aromatic heterocycles. The molecule has 1 N–H and O–H groups in total. The highest BCUT2D eigenvalue weighted by atomic mass is 16.3. The lowest BCUT2D eigenvalue weighted by molar-refractivity contribution is -0.129. The third kappa shape index (κ3) is 2.51. The van der Waals surface area contributed by atoms with Gasteiger partial charge < -0.3 is 14.4 Å². The molecule has 0 atom stereocenters. The van der Waals surface area contributed by atoms with Crippen molar-refractivity contribution in [2.75, 3.05) is 20.2 Å². The molecule has 0 radical (unpaired) electrons. The number of amides is 1. The number of aryl methyl sites for hydroxylation is 1. The van der Waals surface area contributed by atoms with E-state index in [4.69, 9.17) is 5.11 Å². The summed E-state index contributed by atoms with van der Waals surface area (Å²) in [6.07, 6.45) is 4.05. The van der Waals surface area contributed by atoms with Gasteiger partial charge in [0.15, 0.2) is 0 Å². The first kappa shape index (κ1) is 12.6. The number of hydrogen-bond acceptors (Lipinski definition) is 3. The van der Waals surface area contributed by atoms with Crippen molar-refractivity contribution in [3.8, 4) is 0 Å². The first-order chi connectivity index (χ1) is 8.61. The number of hydrogen-bond donors (Lipinski definition) is 1. The molecule has 1 amide bonds. The van der Waals surface area contributed by atoms with Crippen LogP contribution in [0.1, 0.15) is 11.3 Å². The van der Waals surface area contributed by atoms with E-state index < -0.39 is 0 Å². The molecule has 0 aromatic carbocycles. The number of fused-ring (bicyclic) bond motifs is 1. The second-order valence-electron chi connectivity index (χ2n) is 4.37. The van der Waals surface area contributed by atoms with Gasteiger partial charge in [-0.2, -0.15) is 0 Å². The van der Waals surface area contributed by atoms with E-state index >= 15 is 0 Å². The average molecular weight is 247 g/mol. The summed E-state index contributed by atoms with van der Waals surface area (Å²) >= 11 is 0. The first-order valence-corrected chi connectivity index (χ1v) is 5.90. The largest absolute Gasteiger partial charge is 0.395 e. The summed E-state index contributed by atoms with van der Waals surface area (Å²) in [5.41, 5.74) is 2.71. The third-order valence-corrected chi connectivity index (χ3v) is 2.92. The minimum atomic E-state index is -0.0369. The summed E-state index contributed by atoms with van der Waals surface area (Å²) in [5.74, 6) is -0.0369. The van der Waals surface area contributed by atoms with Gasteiger partial charge in [0.25, 0.3) is 0 Å². The zero-order valence-corrected chi connectivity index (χ0v) is 10.6. The van der Waals surface area contributed by atoms with Gasteiger partial charge in [-0.1, -0.05) is 6.07 Å². The fourth-order valence-electron chi connectivity index (χ4n) is 1.85. The van der Waals surface area contributed by atoms with Crippen LogP contribution in [0.3, 0.4) is 0 Å². The van der Waals surface area contributed by atoms with E-state index in [1.54, 1.807) is 7.05 Å². The molecule has 0 saturated heterocycles. The highest BCUT2D eigenvalue weighted by Gasteiger charge is 2.12. The summed E-state index contributed by atoms with van der Waals surface area (Å²) < 4.78 is 1.92. The Morgan fingerprint density at radius 3 is 3.00 bits per heavy atom. The van der Waals surface area contributed by atoms with Crippen LogP contribution >= 0.6 is 0 Å². The van der Waals surface area contributed by atoms with Crippen LogP contribution in [0.5, 0.6) is 0 Å². The summed E-state index contributed by atoms with van der Waals surface area (Å²) in [6, 6.07) is 3.94. The van der Waals surface area contributed by atoms with Crippen molar-refractivity contribution >= 4 is 11.6 Å². The molecule has 0 unspecified atom stereocenters. The van der Waals surface area contributed by atoms with Crippen LogP contribution in [0, 0.1) is 6.92 Å². The molecule has 0 aliphatic heterocycles. The van der Waals surface area contributed by atoms with Gasteiger partial charge in [0.2, 0.25) is 5.91 Å². The molecule has 0 aliphatic carbocycles. The Kier molecular flexibility index (Phi) is 3.62. The zero-order valence-electron chi connectivity index (χ0n) is 10.6. The lowest BCUT2D eigenvalue weighted by atomic mass is 10.3. The van der Waals surface area contributed by atoms with Gasteiger partial charge in [0.05, 0.1) is 18.7 Å². The number of pyridine rings is 1. The molecule has 0 fully saturated rings. The van der Waals surface area contributed by atoms with Crippen LogP contribution < -0.4 is 0 Å². The highest BCUT2D eigenvalue weighted by Crippen LogP contribution is 2.10. The number of aromatic nitrogens is 2. The smallest absolute Gasteiger partial charge is 0.228 e. The molecule has 2 heterocycles. The first-order valence-electron chi connectivity index (χ1n) is 5.90. The topological polar surface area (TPSA) is 57.8 Å². The van der Waals surface area contributed by atoms with Crippen molar-refractivity contribution in [3.63, 3.8) is 0 Å². The van der Waals surface area contributed by atoms with Crippen molar-refractivity contribution in [3.05, 3.63) is 35.8 Å². The monoisotopic (exact) mass is 247 g/mol. The van der Waals surface area contributed by atoms with Gasteiger partial charge in [-0.3, -0.25) is 4.79 Å². The summed E-state index contributed by atoms with van der Waals surface area (Å²) in [6.45, 7) is 2.32. The second-order valence-corrected chi connectivity index (χ2v) is 4.37. The van der Waals surface area contributed by atoms with Crippen molar-refractivity contribution in [2.24, 2.45) is 0 Å². The van der Waals surface area contributed by atoms with Gasteiger partial charge >= 0.3 is 0 Å². The molecule has 0 spiro atoms. The van der Waals surface area contributed by atoms with E-state index in [1.807, 2.05) is 35.9 Å². The maximum Gasteiger partial charge on any atom is 0.228 e. The molecule has 5 heteroatoms. The Balaban J connectivity index is 2.17. The normalized spacial score (nSPS) is 10.8. The molecule has 5 nitrogen and oxygen atoms in total. The van der Waals surface area contributed by atoms with E-state index in [2.05, 4.69) is 4.98 Å². The molecule has 0 bridgehead atoms. The maximum absolute atomic E-state index is 11.8. The molecular formula is C13H17N3O2. The van der Waals surface area contributed by atoms with Gasteiger partial charge in [-0.05, 0) is 18.6 Å². The molecule has 18 heavy (non-hydrogen) atoms. The predicted molar refractivity (Wildman–Crippen MR) is 68.4 cm³/mol. The minimum Gasteiger partial charge on any atom is -0.395 e. The van der Waals surface area contributed by atoms with Crippen molar-refractivity contribution in [1.29, 1.82) is 0 Å². The number of aliphatic hydroxyl groups excluding tert-OH is 1. The Labute approximate surface area is 106 Å². The molecular weight excluding hydrogens is 230 g/mol. The quantitative estimate of drug-likeness (QED) is 0.862. The van der Waals surface area contributed by atoms with E-state index in [0.29, 0.717) is 6.54 Å². The SMILES string of the molecule is Cc1cccn2cc(CC(=O)N(C)CCO)nc12. The average Bonchev–Trinajstić information content (AvgIpc) is 2.73. The molecule has 0 aliphatic rings. The second kappa shape index (κ2) is 5.18. The van der Waals surface area contributed by atoms with Crippen LogP contribution in [-0.2, 0) is 11.2 Å². The summed E-state index contributed by atoms with van der Waals surface area (Å²) in [4.78, 5) is 17.8. The van der Waals surface area contributed by atoms with Crippen LogP contribution in [0.25, 0.3) is 5.65 Å². The van der Waals surface area contributed by atoms with Gasteiger partial charge in [-0.25, -0.2) is 4.98 Å². The Morgan fingerprint density at radius 2 is 2.33 bits per heavy atom. The lowest BCUT2D eigenvalue weighted by Gasteiger charge is -2.14. The van der Waals surface area contributed by atoms with E-state index in [0.717, 1.165) is 16.9 Å². The van der Waals surface area contributed by atoms with E-state index in [9.17, 15) is 4.79 Å². The molecule has 0 saturated carbocycles. The van der Waals surface area contributed by atoms with Crippen molar-refractivity contribution in [1.82, 2.24) is 14.3 Å². The van der Waals surface area contributed by atoms with Crippen LogP contribution in [0.2, 0.25) is 0 Å². The summed E-state index contributed by atoms with van der Waals surface area (Å²) in [5, 5.41) is 8.79. The van der Waals surface area contributed by atoms with Crippen LogP contribution in [-0.4, -0.2) is 45.5 Å². The zero-order chi connectivity index (χ0) is 13.1. The molecule has 2 aromatic rings. The predicted octanol–water partition coefficient (Wildman–Crippen LogP) is 0.636. The van der Waals surface area contributed by atoms with Gasteiger partial charge in [0, 0.05) is 26.0 Å². The fraction of sp³-hybridized carbons (Fsp3) is 0.385. The Bertz CT molecular complexity index is 562. The minimum absolute atomic E-state index is 0.0213. The highest BCUT2D eigenvalue weighted by molar-refractivity contribution is 5.78. The number of imidazole rings is 1. The number of aliphatic hydroxyl groups is 1.